The summed E-state index contributed by atoms with van der Waals surface area (Å²) >= 11 is 0. The molecule has 0 rings (SSSR count). The first-order valence-electron chi connectivity index (χ1n) is 3.10. The van der Waals surface area contributed by atoms with E-state index in [0.717, 1.165) is 18.6 Å². The third-order valence-electron chi connectivity index (χ3n) is 1.05. The molecule has 0 fully saturated rings. The molecule has 2 heteroatoms. The maximum atomic E-state index is 11.0. The highest BCUT2D eigenvalue weighted by atomic mass is 32.2. The van der Waals surface area contributed by atoms with E-state index in [1.54, 1.807) is 0 Å². The minimum Gasteiger partial charge on any atom is -0.285 e. The Hall–Kier alpha value is 0.150. The fourth-order valence-corrected chi connectivity index (χ4v) is 1.62. The van der Waals surface area contributed by atoms with Gasteiger partial charge in [-0.3, -0.25) is 4.21 Å². The van der Waals surface area contributed by atoms with E-state index in [-0.39, 0.29) is 0 Å². The van der Waals surface area contributed by atoms with Gasteiger partial charge in [0.25, 0.3) is 0 Å². The number of rotatable bonds is 3. The normalized spacial score (nSPS) is 13.9. The molecule has 0 N–H and O–H groups in total. The van der Waals surface area contributed by atoms with E-state index < -0.39 is 9.93 Å². The molecule has 0 aromatic carbocycles. The van der Waals surface area contributed by atoms with E-state index in [9.17, 15) is 4.21 Å². The van der Waals surface area contributed by atoms with Crippen molar-refractivity contribution in [3.05, 3.63) is 0 Å². The fraction of sp³-hybridized carbons (Fsp3) is 1.00. The van der Waals surface area contributed by atoms with Crippen molar-refractivity contribution in [1.29, 1.82) is 0 Å². The molecule has 0 spiro atoms. The quantitative estimate of drug-likeness (QED) is 0.574. The van der Waals surface area contributed by atoms with Gasteiger partial charge in [0, 0.05) is 5.75 Å². The topological polar surface area (TPSA) is 17.1 Å². The molecule has 0 aromatic rings. The van der Waals surface area contributed by atoms with Crippen LogP contribution in [0.4, 0.5) is 0 Å². The average molecular weight is 136 g/mol. The number of hydrogen-bond donors (Lipinski definition) is 1. The van der Waals surface area contributed by atoms with Crippen LogP contribution in [0.5, 0.6) is 0 Å². The molecule has 0 saturated heterocycles. The zero-order valence-corrected chi connectivity index (χ0v) is 6.87. The van der Waals surface area contributed by atoms with Crippen LogP contribution in [0.3, 0.4) is 0 Å². The summed E-state index contributed by atoms with van der Waals surface area (Å²) in [5.74, 6) is 0.920. The monoisotopic (exact) mass is 136 g/mol. The van der Waals surface area contributed by atoms with Crippen LogP contribution in [0.15, 0.2) is 0 Å². The lowest BCUT2D eigenvalue weighted by atomic mass is 10.4. The van der Waals surface area contributed by atoms with Gasteiger partial charge in [0.2, 0.25) is 0 Å². The van der Waals surface area contributed by atoms with Crippen molar-refractivity contribution in [1.82, 2.24) is 0 Å². The van der Waals surface area contributed by atoms with Gasteiger partial charge >= 0.3 is 0 Å². The Bertz CT molecular complexity index is 92.7. The van der Waals surface area contributed by atoms with Gasteiger partial charge in [-0.05, 0) is 18.9 Å². The summed E-state index contributed by atoms with van der Waals surface area (Å²) in [6, 6.07) is 0. The molecule has 0 aliphatic carbocycles. The Balaban J connectivity index is 3.26. The first kappa shape index (κ1) is 8.15. The van der Waals surface area contributed by atoms with E-state index in [1.165, 1.54) is 0 Å². The van der Waals surface area contributed by atoms with Gasteiger partial charge in [-0.15, -0.1) is 9.93 Å². The molecular formula is C6H16OS. The van der Waals surface area contributed by atoms with E-state index in [0.29, 0.717) is 0 Å². The summed E-state index contributed by atoms with van der Waals surface area (Å²) in [5, 5.41) is 0. The van der Waals surface area contributed by atoms with Crippen LogP contribution >= 0.6 is 0 Å². The van der Waals surface area contributed by atoms with Gasteiger partial charge in [-0.1, -0.05) is 13.3 Å². The lowest BCUT2D eigenvalue weighted by Gasteiger charge is -2.08. The Morgan fingerprint density at radius 2 is 1.88 bits per heavy atom. The van der Waals surface area contributed by atoms with Gasteiger partial charge in [0.15, 0.2) is 0 Å². The molecule has 0 saturated carbocycles. The van der Waals surface area contributed by atoms with E-state index in [1.807, 2.05) is 12.5 Å². The average Bonchev–Trinajstić information content (AvgIpc) is 1.59. The Morgan fingerprint density at radius 1 is 1.38 bits per heavy atom. The van der Waals surface area contributed by atoms with Crippen LogP contribution in [-0.2, 0) is 9.93 Å². The van der Waals surface area contributed by atoms with Gasteiger partial charge in [0.1, 0.15) is 0 Å². The van der Waals surface area contributed by atoms with Crippen molar-refractivity contribution in [3.63, 3.8) is 0 Å². The molecule has 52 valence electrons. The van der Waals surface area contributed by atoms with Gasteiger partial charge in [0.05, 0.1) is 0 Å². The van der Waals surface area contributed by atoms with Gasteiger partial charge in [-0.25, -0.2) is 0 Å². The van der Waals surface area contributed by atoms with Crippen molar-refractivity contribution in [3.8, 4) is 0 Å². The van der Waals surface area contributed by atoms with Crippen LogP contribution in [0, 0.1) is 0 Å². The molecule has 0 aromatic heterocycles. The molecule has 0 amide bonds. The van der Waals surface area contributed by atoms with E-state index in [2.05, 4.69) is 6.92 Å². The minimum absolute atomic E-state index is 0.920. The van der Waals surface area contributed by atoms with Crippen molar-refractivity contribution in [2.75, 3.05) is 18.3 Å². The predicted molar refractivity (Wildman–Crippen MR) is 41.2 cm³/mol. The first-order valence-corrected chi connectivity index (χ1v) is 5.89. The van der Waals surface area contributed by atoms with Crippen molar-refractivity contribution in [2.45, 2.75) is 19.8 Å². The largest absolute Gasteiger partial charge is 0.285 e. The Labute approximate surface area is 52.9 Å². The standard InChI is InChI=1S/C6H16OS/c1-4-5-6-8(2,3)7/h8H,4-6H2,1-3H3. The van der Waals surface area contributed by atoms with Crippen LogP contribution < -0.4 is 0 Å². The SMILES string of the molecule is CCCC[SH](C)(C)=O. The summed E-state index contributed by atoms with van der Waals surface area (Å²) < 4.78 is 11.0. The van der Waals surface area contributed by atoms with Crippen LogP contribution in [-0.4, -0.2) is 22.5 Å². The van der Waals surface area contributed by atoms with E-state index >= 15 is 0 Å². The second-order valence-corrected chi connectivity index (χ2v) is 6.25. The predicted octanol–water partition coefficient (Wildman–Crippen LogP) is 1.06. The Morgan fingerprint density at radius 3 is 2.00 bits per heavy atom. The van der Waals surface area contributed by atoms with Crippen LogP contribution in [0.1, 0.15) is 19.8 Å². The molecule has 0 atom stereocenters. The molecule has 8 heavy (non-hydrogen) atoms. The highest BCUT2D eigenvalue weighted by Gasteiger charge is 1.96. The molecule has 1 nitrogen and oxygen atoms in total. The van der Waals surface area contributed by atoms with Crippen molar-refractivity contribution in [2.24, 2.45) is 0 Å². The molecule has 0 unspecified atom stereocenters. The molecule has 0 radical (unpaired) electrons. The fourth-order valence-electron chi connectivity index (χ4n) is 0.539. The lowest BCUT2D eigenvalue weighted by Crippen LogP contribution is -2.10. The second kappa shape index (κ2) is 3.23. The number of thiol groups is 1. The minimum atomic E-state index is -1.68. The van der Waals surface area contributed by atoms with Crippen LogP contribution in [0.25, 0.3) is 0 Å². The first-order chi connectivity index (χ1) is 3.56. The highest BCUT2D eigenvalue weighted by molar-refractivity contribution is 8.01. The van der Waals surface area contributed by atoms with Crippen molar-refractivity contribution < 1.29 is 4.21 Å². The van der Waals surface area contributed by atoms with Gasteiger partial charge in [-0.2, -0.15) is 0 Å². The number of unbranched alkanes of at least 4 members (excludes halogenated alkanes) is 1. The van der Waals surface area contributed by atoms with E-state index in [4.69, 9.17) is 0 Å². The maximum Gasteiger partial charge on any atom is 0.000757 e. The van der Waals surface area contributed by atoms with Crippen LogP contribution in [0.2, 0.25) is 0 Å². The van der Waals surface area contributed by atoms with Gasteiger partial charge < -0.3 is 0 Å². The molecular weight excluding hydrogens is 120 g/mol. The zero-order chi connectivity index (χ0) is 6.62. The maximum absolute atomic E-state index is 11.0. The zero-order valence-electron chi connectivity index (χ0n) is 5.98. The highest BCUT2D eigenvalue weighted by Crippen LogP contribution is 1.97. The summed E-state index contributed by atoms with van der Waals surface area (Å²) in [5.41, 5.74) is 0. The molecule has 0 bridgehead atoms. The number of hydrogen-bond acceptors (Lipinski definition) is 1. The summed E-state index contributed by atoms with van der Waals surface area (Å²) in [7, 11) is -1.68. The Kier molecular flexibility index (Phi) is 3.29. The summed E-state index contributed by atoms with van der Waals surface area (Å²) in [6.07, 6.45) is 5.97. The molecule has 0 aliphatic rings. The smallest absolute Gasteiger partial charge is 0.000757 e. The van der Waals surface area contributed by atoms with Crippen molar-refractivity contribution >= 4 is 9.93 Å². The molecule has 0 aliphatic heterocycles. The molecule has 0 heterocycles. The summed E-state index contributed by atoms with van der Waals surface area (Å²) in [6.45, 7) is 2.12. The lowest BCUT2D eigenvalue weighted by molar-refractivity contribution is 0.675. The second-order valence-electron chi connectivity index (χ2n) is 2.65. The third-order valence-corrected chi connectivity index (χ3v) is 2.44. The third kappa shape index (κ3) is 6.15. The summed E-state index contributed by atoms with van der Waals surface area (Å²) in [4.78, 5) is 0.